The number of hydrogen-bond donors (Lipinski definition) is 1. The molecular formula is C11H14N2O3. The van der Waals surface area contributed by atoms with Gasteiger partial charge in [-0.2, -0.15) is 0 Å². The van der Waals surface area contributed by atoms with Gasteiger partial charge in [0, 0.05) is 18.4 Å². The second-order valence-electron chi connectivity index (χ2n) is 3.74. The second-order valence-corrected chi connectivity index (χ2v) is 3.74. The molecule has 0 saturated heterocycles. The van der Waals surface area contributed by atoms with E-state index in [-0.39, 0.29) is 18.4 Å². The van der Waals surface area contributed by atoms with Gasteiger partial charge < -0.3 is 14.6 Å². The maximum absolute atomic E-state index is 11.6. The minimum Gasteiger partial charge on any atom is -0.468 e. The van der Waals surface area contributed by atoms with Crippen LogP contribution in [0.1, 0.15) is 22.5 Å². The fourth-order valence-corrected chi connectivity index (χ4v) is 1.90. The molecule has 0 aliphatic carbocycles. The molecule has 5 nitrogen and oxygen atoms in total. The SMILES string of the molecule is COC(=O)Cn1ccc2c1CCCNC2=O. The molecule has 1 amide bonds. The van der Waals surface area contributed by atoms with Crippen LogP contribution in [0, 0.1) is 0 Å². The molecule has 0 radical (unpaired) electrons. The predicted molar refractivity (Wildman–Crippen MR) is 57.1 cm³/mol. The molecule has 0 atom stereocenters. The molecular weight excluding hydrogens is 208 g/mol. The van der Waals surface area contributed by atoms with Gasteiger partial charge in [-0.05, 0) is 18.9 Å². The summed E-state index contributed by atoms with van der Waals surface area (Å²) in [6.07, 6.45) is 3.45. The number of amides is 1. The molecule has 1 aromatic rings. The number of methoxy groups -OCH3 is 1. The summed E-state index contributed by atoms with van der Waals surface area (Å²) in [5.74, 6) is -0.362. The fraction of sp³-hybridized carbons (Fsp3) is 0.455. The van der Waals surface area contributed by atoms with E-state index in [1.54, 1.807) is 16.8 Å². The highest BCUT2D eigenvalue weighted by Crippen LogP contribution is 2.16. The van der Waals surface area contributed by atoms with Crippen molar-refractivity contribution in [2.75, 3.05) is 13.7 Å². The Morgan fingerprint density at radius 1 is 1.62 bits per heavy atom. The Kier molecular flexibility index (Phi) is 2.94. The number of carbonyl (C=O) groups is 2. The summed E-state index contributed by atoms with van der Waals surface area (Å²) in [5, 5.41) is 2.81. The van der Waals surface area contributed by atoms with E-state index in [1.807, 2.05) is 0 Å². The van der Waals surface area contributed by atoms with Crippen LogP contribution in [-0.2, 0) is 22.5 Å². The molecule has 0 spiro atoms. The normalized spacial score (nSPS) is 14.9. The maximum atomic E-state index is 11.6. The number of carbonyl (C=O) groups excluding carboxylic acids is 2. The molecule has 1 aromatic heterocycles. The monoisotopic (exact) mass is 222 g/mol. The summed E-state index contributed by atoms with van der Waals surface area (Å²) in [5.41, 5.74) is 1.59. The lowest BCUT2D eigenvalue weighted by Crippen LogP contribution is -2.22. The topological polar surface area (TPSA) is 60.3 Å². The van der Waals surface area contributed by atoms with E-state index in [1.165, 1.54) is 7.11 Å². The van der Waals surface area contributed by atoms with Crippen molar-refractivity contribution in [3.63, 3.8) is 0 Å². The van der Waals surface area contributed by atoms with Crippen molar-refractivity contribution in [2.45, 2.75) is 19.4 Å². The van der Waals surface area contributed by atoms with Gasteiger partial charge in [0.15, 0.2) is 0 Å². The molecule has 1 aliphatic heterocycles. The first kappa shape index (κ1) is 10.7. The summed E-state index contributed by atoms with van der Waals surface area (Å²) < 4.78 is 6.40. The predicted octanol–water partition coefficient (Wildman–Crippen LogP) is 0.337. The van der Waals surface area contributed by atoms with E-state index >= 15 is 0 Å². The number of hydrogen-bond acceptors (Lipinski definition) is 3. The molecule has 0 fully saturated rings. The van der Waals surface area contributed by atoms with Crippen molar-refractivity contribution in [3.8, 4) is 0 Å². The lowest BCUT2D eigenvalue weighted by atomic mass is 10.2. The van der Waals surface area contributed by atoms with Crippen LogP contribution < -0.4 is 5.32 Å². The number of nitrogens with one attached hydrogen (secondary N) is 1. The molecule has 0 saturated carbocycles. The van der Waals surface area contributed by atoms with E-state index in [2.05, 4.69) is 10.1 Å². The Morgan fingerprint density at radius 2 is 2.44 bits per heavy atom. The zero-order valence-corrected chi connectivity index (χ0v) is 9.16. The van der Waals surface area contributed by atoms with Crippen molar-refractivity contribution in [1.82, 2.24) is 9.88 Å². The Hall–Kier alpha value is -1.78. The first-order valence-electron chi connectivity index (χ1n) is 5.25. The Morgan fingerprint density at radius 3 is 3.19 bits per heavy atom. The average Bonchev–Trinajstić information content (AvgIpc) is 2.57. The smallest absolute Gasteiger partial charge is 0.325 e. The largest absolute Gasteiger partial charge is 0.468 e. The number of esters is 1. The third kappa shape index (κ3) is 1.93. The zero-order chi connectivity index (χ0) is 11.5. The fourth-order valence-electron chi connectivity index (χ4n) is 1.90. The third-order valence-electron chi connectivity index (χ3n) is 2.73. The van der Waals surface area contributed by atoms with Gasteiger partial charge in [0.2, 0.25) is 0 Å². The van der Waals surface area contributed by atoms with Gasteiger partial charge in [-0.3, -0.25) is 9.59 Å². The van der Waals surface area contributed by atoms with Crippen LogP contribution in [0.25, 0.3) is 0 Å². The van der Waals surface area contributed by atoms with Crippen molar-refractivity contribution < 1.29 is 14.3 Å². The maximum Gasteiger partial charge on any atom is 0.325 e. The van der Waals surface area contributed by atoms with Crippen LogP contribution in [-0.4, -0.2) is 30.1 Å². The highest BCUT2D eigenvalue weighted by atomic mass is 16.5. The first-order chi connectivity index (χ1) is 7.72. The van der Waals surface area contributed by atoms with Crippen LogP contribution in [0.4, 0.5) is 0 Å². The number of rotatable bonds is 2. The van der Waals surface area contributed by atoms with Gasteiger partial charge in [0.25, 0.3) is 5.91 Å². The van der Waals surface area contributed by atoms with Gasteiger partial charge >= 0.3 is 5.97 Å². The van der Waals surface area contributed by atoms with Crippen LogP contribution >= 0.6 is 0 Å². The second kappa shape index (κ2) is 4.38. The van der Waals surface area contributed by atoms with E-state index in [4.69, 9.17) is 0 Å². The molecule has 2 rings (SSSR count). The number of fused-ring (bicyclic) bond motifs is 1. The first-order valence-corrected chi connectivity index (χ1v) is 5.25. The molecule has 1 N–H and O–H groups in total. The lowest BCUT2D eigenvalue weighted by molar-refractivity contribution is -0.141. The minimum atomic E-state index is -0.303. The van der Waals surface area contributed by atoms with E-state index in [9.17, 15) is 9.59 Å². The van der Waals surface area contributed by atoms with Gasteiger partial charge in [0.1, 0.15) is 6.54 Å². The van der Waals surface area contributed by atoms with Crippen molar-refractivity contribution in [3.05, 3.63) is 23.5 Å². The molecule has 0 aromatic carbocycles. The Labute approximate surface area is 93.4 Å². The molecule has 5 heteroatoms. The van der Waals surface area contributed by atoms with Crippen LogP contribution in [0.3, 0.4) is 0 Å². The number of ether oxygens (including phenoxy) is 1. The average molecular weight is 222 g/mol. The molecule has 1 aliphatic rings. The van der Waals surface area contributed by atoms with Crippen LogP contribution in [0.15, 0.2) is 12.3 Å². The minimum absolute atomic E-state index is 0.0592. The van der Waals surface area contributed by atoms with Gasteiger partial charge in [-0.15, -0.1) is 0 Å². The quantitative estimate of drug-likeness (QED) is 0.734. The summed E-state index contributed by atoms with van der Waals surface area (Å²) in [6, 6.07) is 1.75. The molecule has 0 unspecified atom stereocenters. The highest BCUT2D eigenvalue weighted by Gasteiger charge is 2.19. The van der Waals surface area contributed by atoms with Crippen molar-refractivity contribution in [2.24, 2.45) is 0 Å². The summed E-state index contributed by atoms with van der Waals surface area (Å²) in [4.78, 5) is 22.8. The van der Waals surface area contributed by atoms with Gasteiger partial charge in [0.05, 0.1) is 12.7 Å². The number of aromatic nitrogens is 1. The van der Waals surface area contributed by atoms with Crippen LogP contribution in [0.5, 0.6) is 0 Å². The van der Waals surface area contributed by atoms with E-state index < -0.39 is 0 Å². The molecule has 2 heterocycles. The van der Waals surface area contributed by atoms with Crippen LogP contribution in [0.2, 0.25) is 0 Å². The van der Waals surface area contributed by atoms with Gasteiger partial charge in [-0.25, -0.2) is 0 Å². The molecule has 0 bridgehead atoms. The zero-order valence-electron chi connectivity index (χ0n) is 9.16. The van der Waals surface area contributed by atoms with Crippen molar-refractivity contribution in [1.29, 1.82) is 0 Å². The third-order valence-corrected chi connectivity index (χ3v) is 2.73. The summed E-state index contributed by atoms with van der Waals surface area (Å²) in [6.45, 7) is 0.852. The standard InChI is InChI=1S/C11H14N2O3/c1-16-10(14)7-13-6-4-8-9(13)3-2-5-12-11(8)15/h4,6H,2-3,5,7H2,1H3,(H,12,15). The Balaban J connectivity index is 2.28. The van der Waals surface area contributed by atoms with Crippen molar-refractivity contribution >= 4 is 11.9 Å². The molecule has 86 valence electrons. The van der Waals surface area contributed by atoms with Gasteiger partial charge in [-0.1, -0.05) is 0 Å². The Bertz CT molecular complexity index is 423. The number of nitrogens with zero attached hydrogens (tertiary/aromatic N) is 1. The summed E-state index contributed by atoms with van der Waals surface area (Å²) >= 11 is 0. The molecule has 16 heavy (non-hydrogen) atoms. The lowest BCUT2D eigenvalue weighted by Gasteiger charge is -2.07. The summed E-state index contributed by atoms with van der Waals surface area (Å²) in [7, 11) is 1.36. The van der Waals surface area contributed by atoms with E-state index in [0.717, 1.165) is 18.5 Å². The highest BCUT2D eigenvalue weighted by molar-refractivity contribution is 5.95. The van der Waals surface area contributed by atoms with E-state index in [0.29, 0.717) is 12.1 Å².